The van der Waals surface area contributed by atoms with Gasteiger partial charge in [0.2, 0.25) is 0 Å². The van der Waals surface area contributed by atoms with Crippen LogP contribution in [0.2, 0.25) is 5.02 Å². The van der Waals surface area contributed by atoms with Gasteiger partial charge in [0, 0.05) is 43.3 Å². The molecule has 30 heavy (non-hydrogen) atoms. The fourth-order valence-electron chi connectivity index (χ4n) is 3.39. The minimum Gasteiger partial charge on any atom is -0.486 e. The summed E-state index contributed by atoms with van der Waals surface area (Å²) < 4.78 is 25.2. The van der Waals surface area contributed by atoms with Crippen LogP contribution in [0.5, 0.6) is 5.75 Å². The van der Waals surface area contributed by atoms with E-state index in [4.69, 9.17) is 20.8 Å². The number of ether oxygens (including phenoxy) is 1. The highest BCUT2D eigenvalue weighted by Gasteiger charge is 2.24. The molecule has 0 atom stereocenters. The van der Waals surface area contributed by atoms with Crippen molar-refractivity contribution in [1.29, 1.82) is 0 Å². The second-order valence-corrected chi connectivity index (χ2v) is 7.60. The second kappa shape index (κ2) is 9.32. The van der Waals surface area contributed by atoms with Crippen LogP contribution in [0.4, 0.5) is 4.39 Å². The molecule has 0 saturated carbocycles. The third kappa shape index (κ3) is 5.01. The number of rotatable bonds is 6. The van der Waals surface area contributed by atoms with E-state index in [-0.39, 0.29) is 18.3 Å². The van der Waals surface area contributed by atoms with Crippen LogP contribution in [-0.4, -0.2) is 41.9 Å². The number of carbonyl (C=O) groups is 1. The van der Waals surface area contributed by atoms with Crippen LogP contribution in [0.15, 0.2) is 65.1 Å². The maximum Gasteiger partial charge on any atom is 0.289 e. The van der Waals surface area contributed by atoms with E-state index in [1.807, 2.05) is 6.07 Å². The van der Waals surface area contributed by atoms with Gasteiger partial charge in [0.25, 0.3) is 5.91 Å². The van der Waals surface area contributed by atoms with E-state index in [1.165, 1.54) is 6.07 Å². The van der Waals surface area contributed by atoms with Gasteiger partial charge >= 0.3 is 0 Å². The average Bonchev–Trinajstić information content (AvgIpc) is 3.24. The molecule has 5 nitrogen and oxygen atoms in total. The van der Waals surface area contributed by atoms with E-state index in [0.29, 0.717) is 60.6 Å². The fourth-order valence-corrected chi connectivity index (χ4v) is 3.51. The summed E-state index contributed by atoms with van der Waals surface area (Å²) in [4.78, 5) is 16.7. The lowest BCUT2D eigenvalue weighted by Crippen LogP contribution is -2.48. The first-order chi connectivity index (χ1) is 14.6. The van der Waals surface area contributed by atoms with E-state index in [0.717, 1.165) is 0 Å². The number of amides is 1. The van der Waals surface area contributed by atoms with Gasteiger partial charge in [-0.1, -0.05) is 29.8 Å². The lowest BCUT2D eigenvalue weighted by Gasteiger charge is -2.34. The quantitative estimate of drug-likeness (QED) is 0.575. The lowest BCUT2D eigenvalue weighted by molar-refractivity contribution is 0.0593. The fraction of sp³-hybridized carbons (Fsp3) is 0.261. The van der Waals surface area contributed by atoms with Crippen molar-refractivity contribution in [3.8, 4) is 5.75 Å². The lowest BCUT2D eigenvalue weighted by atomic mass is 10.2. The third-order valence-electron chi connectivity index (χ3n) is 5.08. The molecule has 1 aromatic heterocycles. The van der Waals surface area contributed by atoms with Crippen molar-refractivity contribution in [2.45, 2.75) is 13.2 Å². The number of piperazine rings is 1. The largest absolute Gasteiger partial charge is 0.486 e. The number of benzene rings is 2. The normalized spacial score (nSPS) is 14.7. The van der Waals surface area contributed by atoms with Gasteiger partial charge in [-0.3, -0.25) is 9.69 Å². The van der Waals surface area contributed by atoms with Gasteiger partial charge < -0.3 is 14.1 Å². The topological polar surface area (TPSA) is 45.9 Å². The van der Waals surface area contributed by atoms with Crippen molar-refractivity contribution >= 4 is 17.5 Å². The molecule has 0 N–H and O–H groups in total. The number of nitrogens with zero attached hydrogens (tertiary/aromatic N) is 2. The number of hydrogen-bond acceptors (Lipinski definition) is 4. The van der Waals surface area contributed by atoms with Crippen LogP contribution in [0.25, 0.3) is 0 Å². The maximum atomic E-state index is 13.8. The number of hydrogen-bond donors (Lipinski definition) is 0. The average molecular weight is 429 g/mol. The zero-order valence-corrected chi connectivity index (χ0v) is 17.1. The van der Waals surface area contributed by atoms with Gasteiger partial charge in [-0.05, 0) is 42.5 Å². The van der Waals surface area contributed by atoms with E-state index in [1.54, 1.807) is 53.4 Å². The molecule has 1 aliphatic heterocycles. The Bertz CT molecular complexity index is 998. The standard InChI is InChI=1S/C23H22ClFN2O3/c24-18-5-7-19(8-6-18)29-16-20-9-10-22(30-20)23(28)27-13-11-26(12-14-27)15-17-3-1-2-4-21(17)25/h1-10H,11-16H2. The Labute approximate surface area is 179 Å². The van der Waals surface area contributed by atoms with Crippen LogP contribution >= 0.6 is 11.6 Å². The SMILES string of the molecule is O=C(c1ccc(COc2ccc(Cl)cc2)o1)N1CCN(Cc2ccccc2F)CC1. The van der Waals surface area contributed by atoms with E-state index in [9.17, 15) is 9.18 Å². The van der Waals surface area contributed by atoms with Crippen molar-refractivity contribution in [2.24, 2.45) is 0 Å². The minimum absolute atomic E-state index is 0.140. The molecule has 1 saturated heterocycles. The van der Waals surface area contributed by atoms with Gasteiger partial charge in [0.1, 0.15) is 23.9 Å². The van der Waals surface area contributed by atoms with Crippen LogP contribution in [-0.2, 0) is 13.2 Å². The molecule has 1 amide bonds. The van der Waals surface area contributed by atoms with Crippen molar-refractivity contribution in [3.05, 3.63) is 88.6 Å². The van der Waals surface area contributed by atoms with Gasteiger partial charge in [0.15, 0.2) is 5.76 Å². The predicted octanol–water partition coefficient (Wildman–Crippen LogP) is 4.61. The molecule has 0 unspecified atom stereocenters. The molecule has 3 aromatic rings. The number of carbonyl (C=O) groups excluding carboxylic acids is 1. The Morgan fingerprint density at radius 3 is 2.47 bits per heavy atom. The van der Waals surface area contributed by atoms with Crippen molar-refractivity contribution in [1.82, 2.24) is 9.80 Å². The highest BCUT2D eigenvalue weighted by Crippen LogP contribution is 2.19. The van der Waals surface area contributed by atoms with E-state index in [2.05, 4.69) is 4.90 Å². The van der Waals surface area contributed by atoms with Gasteiger partial charge in [0.05, 0.1) is 0 Å². The summed E-state index contributed by atoms with van der Waals surface area (Å²) in [5.41, 5.74) is 0.675. The molecule has 1 aliphatic rings. The van der Waals surface area contributed by atoms with Crippen LogP contribution in [0.3, 0.4) is 0 Å². The number of furan rings is 1. The molecule has 0 bridgehead atoms. The molecule has 7 heteroatoms. The summed E-state index contributed by atoms with van der Waals surface area (Å²) in [7, 11) is 0. The Balaban J connectivity index is 1.28. The summed E-state index contributed by atoms with van der Waals surface area (Å²) in [6.07, 6.45) is 0. The van der Waals surface area contributed by atoms with Crippen LogP contribution in [0.1, 0.15) is 21.9 Å². The van der Waals surface area contributed by atoms with E-state index < -0.39 is 0 Å². The summed E-state index contributed by atoms with van der Waals surface area (Å²) in [6.45, 7) is 3.29. The highest BCUT2D eigenvalue weighted by atomic mass is 35.5. The Morgan fingerprint density at radius 2 is 1.73 bits per heavy atom. The molecule has 0 aliphatic carbocycles. The van der Waals surface area contributed by atoms with Crippen molar-refractivity contribution in [2.75, 3.05) is 26.2 Å². The molecular formula is C23H22ClFN2O3. The first-order valence-electron chi connectivity index (χ1n) is 9.80. The molecule has 4 rings (SSSR count). The van der Waals surface area contributed by atoms with Gasteiger partial charge in [-0.2, -0.15) is 0 Å². The highest BCUT2D eigenvalue weighted by molar-refractivity contribution is 6.30. The zero-order chi connectivity index (χ0) is 20.9. The monoisotopic (exact) mass is 428 g/mol. The summed E-state index contributed by atoms with van der Waals surface area (Å²) >= 11 is 5.86. The molecule has 2 aromatic carbocycles. The summed E-state index contributed by atoms with van der Waals surface area (Å²) in [5, 5.41) is 0.641. The smallest absolute Gasteiger partial charge is 0.289 e. The van der Waals surface area contributed by atoms with Crippen LogP contribution in [0, 0.1) is 5.82 Å². The number of halogens is 2. The molecular weight excluding hydrogens is 407 g/mol. The van der Waals surface area contributed by atoms with E-state index >= 15 is 0 Å². The minimum atomic E-state index is -0.194. The Morgan fingerprint density at radius 1 is 1.00 bits per heavy atom. The summed E-state index contributed by atoms with van der Waals surface area (Å²) in [5.74, 6) is 1.21. The Kier molecular flexibility index (Phi) is 6.35. The van der Waals surface area contributed by atoms with Gasteiger partial charge in [-0.15, -0.1) is 0 Å². The molecule has 0 radical (unpaired) electrons. The third-order valence-corrected chi connectivity index (χ3v) is 5.33. The summed E-state index contributed by atoms with van der Waals surface area (Å²) in [6, 6.07) is 17.3. The molecule has 156 valence electrons. The van der Waals surface area contributed by atoms with Crippen molar-refractivity contribution in [3.63, 3.8) is 0 Å². The first kappa shape index (κ1) is 20.4. The predicted molar refractivity (Wildman–Crippen MR) is 112 cm³/mol. The molecule has 2 heterocycles. The van der Waals surface area contributed by atoms with Gasteiger partial charge in [-0.25, -0.2) is 4.39 Å². The first-order valence-corrected chi connectivity index (χ1v) is 10.2. The second-order valence-electron chi connectivity index (χ2n) is 7.17. The zero-order valence-electron chi connectivity index (χ0n) is 16.4. The van der Waals surface area contributed by atoms with Crippen molar-refractivity contribution < 1.29 is 18.3 Å². The molecule has 1 fully saturated rings. The molecule has 0 spiro atoms. The van der Waals surface area contributed by atoms with Crippen LogP contribution < -0.4 is 4.74 Å². The Hall–Kier alpha value is -2.83. The maximum absolute atomic E-state index is 13.8.